The van der Waals surface area contributed by atoms with Gasteiger partial charge < -0.3 is 60.4 Å². The molecule has 16 nitrogen and oxygen atoms in total. The fourth-order valence-electron chi connectivity index (χ4n) is 8.56. The quantitative estimate of drug-likeness (QED) is 0.0149. The number of amidine groups is 3. The molecular weight excluding hydrogens is 911 g/mol. The summed E-state index contributed by atoms with van der Waals surface area (Å²) in [7, 11) is 0. The summed E-state index contributed by atoms with van der Waals surface area (Å²) in [6, 6.07) is 30.2. The Morgan fingerprint density at radius 1 is 0.472 bits per heavy atom. The summed E-state index contributed by atoms with van der Waals surface area (Å²) in [5.74, 6) is 5.95. The molecule has 2 fully saturated rings. The molecule has 0 unspecified atom stereocenters. The molecule has 2 heterocycles. The van der Waals surface area contributed by atoms with Crippen molar-refractivity contribution in [2.24, 2.45) is 39.3 Å². The van der Waals surface area contributed by atoms with Gasteiger partial charge in [0, 0.05) is 35.3 Å². The molecule has 4 aromatic rings. The molecule has 0 saturated carbocycles. The zero-order valence-corrected chi connectivity index (χ0v) is 43.0. The maximum Gasteiger partial charge on any atom is 0.213 e. The van der Waals surface area contributed by atoms with E-state index >= 15 is 0 Å². The monoisotopic (exact) mass is 992 g/mol. The zero-order valence-electron chi connectivity index (χ0n) is 43.0. The van der Waals surface area contributed by atoms with Crippen molar-refractivity contribution in [1.82, 2.24) is 9.80 Å². The normalized spacial score (nSPS) is 14.9. The summed E-state index contributed by atoms with van der Waals surface area (Å²) in [6.45, 7) is 16.7. The number of nitrogens with zero attached hydrogens (tertiary/aromatic N) is 4. The van der Waals surface area contributed by atoms with Crippen molar-refractivity contribution in [1.29, 1.82) is 10.8 Å². The first-order valence-electron chi connectivity index (χ1n) is 26.0. The lowest BCUT2D eigenvalue weighted by Gasteiger charge is -2.32. The van der Waals surface area contributed by atoms with Crippen LogP contribution >= 0.6 is 0 Å². The van der Waals surface area contributed by atoms with Crippen molar-refractivity contribution >= 4 is 23.4 Å². The van der Waals surface area contributed by atoms with E-state index in [2.05, 4.69) is 20.1 Å². The van der Waals surface area contributed by atoms with Crippen molar-refractivity contribution in [3.05, 3.63) is 119 Å². The highest BCUT2D eigenvalue weighted by atomic mass is 16.6. The van der Waals surface area contributed by atoms with Crippen molar-refractivity contribution in [2.45, 2.75) is 85.0 Å². The highest BCUT2D eigenvalue weighted by Crippen LogP contribution is 2.25. The van der Waals surface area contributed by atoms with Crippen molar-refractivity contribution in [3.8, 4) is 23.0 Å². The third-order valence-corrected chi connectivity index (χ3v) is 12.7. The Bertz CT molecular complexity index is 2110. The average Bonchev–Trinajstić information content (AvgIpc) is 3.41. The van der Waals surface area contributed by atoms with Crippen LogP contribution in [0.25, 0.3) is 0 Å². The first-order valence-corrected chi connectivity index (χ1v) is 26.0. The Hall–Kier alpha value is -6.52. The molecule has 0 atom stereocenters. The maximum absolute atomic E-state index is 7.81. The summed E-state index contributed by atoms with van der Waals surface area (Å²) >= 11 is 0. The van der Waals surface area contributed by atoms with E-state index in [-0.39, 0.29) is 11.7 Å². The summed E-state index contributed by atoms with van der Waals surface area (Å²) in [5.41, 5.74) is 20.4. The molecule has 72 heavy (non-hydrogen) atoms. The molecule has 0 bridgehead atoms. The number of nitrogen functional groups attached to an aromatic ring is 1. The molecule has 2 aliphatic rings. The van der Waals surface area contributed by atoms with E-state index in [0.29, 0.717) is 44.7 Å². The molecular formula is C56H81N9O7. The molecule has 2 saturated heterocycles. The van der Waals surface area contributed by atoms with Crippen LogP contribution < -0.4 is 36.1 Å². The van der Waals surface area contributed by atoms with Gasteiger partial charge in [0.15, 0.2) is 11.7 Å². The lowest BCUT2D eigenvalue weighted by Crippen LogP contribution is -2.35. The summed E-state index contributed by atoms with van der Waals surface area (Å²) < 4.78 is 28.7. The SMILES string of the molecule is CCO/N=C(\N)c1ccc(OCCCC2CCN(CCCOc3ccc(/C(N)=N/OCC)cc3)CC2)cc1.CCOC(=N)c1ccc(OCCCC2CCN(CCCOc3ccc(C(=N)N)cc3)CC2)cc1. The second-order valence-corrected chi connectivity index (χ2v) is 18.0. The standard InChI is InChI=1S/C29H43N5O4.C27H38N4O3/c1-3-37-32-28(30)24-8-12-26(13-9-24)35-21-5-7-23-16-19-34(20-17-23)18-6-22-36-27-14-10-25(11-15-27)29(31)33-38-4-2;1-2-32-27(30)23-8-12-25(13-9-23)33-19-3-5-21-14-17-31(18-15-21)16-4-20-34-24-10-6-22(7-11-24)26(28)29/h8-15,23H,3-7,16-22H2,1-2H3,(H2,30,32)(H2,31,33);6-13,21,30H,2-5,14-20H2,1H3,(H3,28,29). The predicted octanol–water partition coefficient (Wildman–Crippen LogP) is 9.01. The molecule has 2 aliphatic heterocycles. The third kappa shape index (κ3) is 21.1. The summed E-state index contributed by atoms with van der Waals surface area (Å²) in [4.78, 5) is 15.1. The number of hydrogen-bond donors (Lipinski definition) is 5. The van der Waals surface area contributed by atoms with Gasteiger partial charge in [0.1, 0.15) is 42.0 Å². The Balaban J connectivity index is 0.000000269. The minimum atomic E-state index is 0.0775. The third-order valence-electron chi connectivity index (χ3n) is 12.7. The smallest absolute Gasteiger partial charge is 0.213 e. The van der Waals surface area contributed by atoms with Gasteiger partial charge in [-0.2, -0.15) is 0 Å². The highest BCUT2D eigenvalue weighted by Gasteiger charge is 2.20. The number of hydrogen-bond acceptors (Lipinski definition) is 13. The Morgan fingerprint density at radius 3 is 1.14 bits per heavy atom. The van der Waals surface area contributed by atoms with Crippen LogP contribution in [-0.2, 0) is 14.4 Å². The van der Waals surface area contributed by atoms with Gasteiger partial charge in [0.05, 0.1) is 33.0 Å². The highest BCUT2D eigenvalue weighted by molar-refractivity contribution is 5.97. The Labute approximate surface area is 428 Å². The van der Waals surface area contributed by atoms with Gasteiger partial charge in [-0.15, -0.1) is 0 Å². The van der Waals surface area contributed by atoms with Gasteiger partial charge in [-0.25, -0.2) is 0 Å². The van der Waals surface area contributed by atoms with E-state index in [4.69, 9.17) is 61.4 Å². The number of ether oxygens (including phenoxy) is 5. The minimum Gasteiger partial charge on any atom is -0.494 e. The lowest BCUT2D eigenvalue weighted by atomic mass is 9.92. The van der Waals surface area contributed by atoms with Crippen LogP contribution in [0.3, 0.4) is 0 Å². The number of nitrogens with one attached hydrogen (secondary N) is 2. The molecule has 0 aromatic heterocycles. The first kappa shape index (κ1) is 56.4. The van der Waals surface area contributed by atoms with Gasteiger partial charge in [0.2, 0.25) is 5.90 Å². The fraction of sp³-hybridized carbons (Fsp3) is 0.500. The van der Waals surface area contributed by atoms with Crippen LogP contribution in [0.15, 0.2) is 107 Å². The van der Waals surface area contributed by atoms with E-state index in [9.17, 15) is 0 Å². The zero-order chi connectivity index (χ0) is 51.2. The maximum atomic E-state index is 7.81. The average molecular weight is 992 g/mol. The number of likely N-dealkylation sites (tertiary alicyclic amines) is 2. The molecule has 6 rings (SSSR count). The predicted molar refractivity (Wildman–Crippen MR) is 288 cm³/mol. The van der Waals surface area contributed by atoms with E-state index in [0.717, 1.165) is 135 Å². The van der Waals surface area contributed by atoms with Gasteiger partial charge in [-0.3, -0.25) is 10.8 Å². The van der Waals surface area contributed by atoms with Crippen LogP contribution in [0.2, 0.25) is 0 Å². The first-order chi connectivity index (χ1) is 35.1. The Morgan fingerprint density at radius 2 is 0.806 bits per heavy atom. The molecule has 392 valence electrons. The molecule has 16 heteroatoms. The van der Waals surface area contributed by atoms with Gasteiger partial charge >= 0.3 is 0 Å². The van der Waals surface area contributed by atoms with Crippen LogP contribution in [0.4, 0.5) is 0 Å². The fourth-order valence-corrected chi connectivity index (χ4v) is 8.56. The molecule has 0 aliphatic carbocycles. The lowest BCUT2D eigenvalue weighted by molar-refractivity contribution is 0.158. The van der Waals surface area contributed by atoms with Gasteiger partial charge in [0.25, 0.3) is 0 Å². The van der Waals surface area contributed by atoms with Crippen LogP contribution in [0, 0.1) is 22.7 Å². The van der Waals surface area contributed by atoms with Crippen LogP contribution in [0.1, 0.15) is 107 Å². The largest absolute Gasteiger partial charge is 0.494 e. The van der Waals surface area contributed by atoms with E-state index in [1.54, 1.807) is 0 Å². The second-order valence-electron chi connectivity index (χ2n) is 18.0. The topological polar surface area (TPSA) is 222 Å². The number of nitrogens with two attached hydrogens (primary N) is 3. The number of benzene rings is 4. The van der Waals surface area contributed by atoms with Crippen molar-refractivity contribution < 1.29 is 33.4 Å². The van der Waals surface area contributed by atoms with E-state index in [1.165, 1.54) is 38.5 Å². The molecule has 8 N–H and O–H groups in total. The van der Waals surface area contributed by atoms with Gasteiger partial charge in [-0.1, -0.05) is 10.3 Å². The second kappa shape index (κ2) is 32.5. The summed E-state index contributed by atoms with van der Waals surface area (Å²) in [5, 5.41) is 23.0. The molecule has 0 spiro atoms. The van der Waals surface area contributed by atoms with Crippen LogP contribution in [-0.4, -0.2) is 119 Å². The number of rotatable bonds is 29. The van der Waals surface area contributed by atoms with E-state index < -0.39 is 0 Å². The minimum absolute atomic E-state index is 0.0775. The van der Waals surface area contributed by atoms with Crippen molar-refractivity contribution in [3.63, 3.8) is 0 Å². The molecule has 4 aromatic carbocycles. The van der Waals surface area contributed by atoms with Crippen molar-refractivity contribution in [2.75, 3.05) is 85.5 Å². The van der Waals surface area contributed by atoms with Crippen LogP contribution in [0.5, 0.6) is 23.0 Å². The van der Waals surface area contributed by atoms with Gasteiger partial charge in [-0.05, 0) is 220 Å². The van der Waals surface area contributed by atoms with E-state index in [1.807, 2.05) is 118 Å². The molecule has 0 radical (unpaired) electrons. The summed E-state index contributed by atoms with van der Waals surface area (Å²) in [6.07, 6.45) is 11.6. The Kier molecular flexibility index (Phi) is 25.4. The molecule has 0 amide bonds. The number of oxime groups is 2. The number of piperidine rings is 2.